The summed E-state index contributed by atoms with van der Waals surface area (Å²) >= 11 is 0. The van der Waals surface area contributed by atoms with Gasteiger partial charge in [-0.1, -0.05) is 0 Å². The number of rotatable bonds is 4. The Labute approximate surface area is 93.2 Å². The molecule has 0 amide bonds. The highest BCUT2D eigenvalue weighted by Crippen LogP contribution is 2.16. The first kappa shape index (κ1) is 11.4. The summed E-state index contributed by atoms with van der Waals surface area (Å²) in [5, 5.41) is 3.49. The van der Waals surface area contributed by atoms with Gasteiger partial charge >= 0.3 is 0 Å². The molecular formula is C12H24N2O. The smallest absolute Gasteiger partial charge is 0.0594 e. The van der Waals surface area contributed by atoms with Gasteiger partial charge in [0.05, 0.1) is 13.2 Å². The number of piperidine rings is 1. The molecule has 2 fully saturated rings. The zero-order valence-electron chi connectivity index (χ0n) is 9.71. The number of nitrogens with one attached hydrogen (secondary N) is 1. The maximum Gasteiger partial charge on any atom is 0.0594 e. The molecule has 0 aromatic rings. The SMILES string of the molecule is C1CNC[C@@H](CCCN2CCOCC2)C1. The number of morpholine rings is 1. The maximum atomic E-state index is 5.34. The van der Waals surface area contributed by atoms with Crippen LogP contribution in [0.4, 0.5) is 0 Å². The second-order valence-corrected chi connectivity index (χ2v) is 4.81. The zero-order valence-corrected chi connectivity index (χ0v) is 9.71. The Bertz CT molecular complexity index is 145. The predicted molar refractivity (Wildman–Crippen MR) is 62.1 cm³/mol. The number of nitrogens with zero attached hydrogens (tertiary/aromatic N) is 1. The zero-order chi connectivity index (χ0) is 10.3. The Hall–Kier alpha value is -0.120. The van der Waals surface area contributed by atoms with Gasteiger partial charge in [0.15, 0.2) is 0 Å². The second-order valence-electron chi connectivity index (χ2n) is 4.81. The molecule has 0 aromatic carbocycles. The van der Waals surface area contributed by atoms with Crippen LogP contribution in [0.1, 0.15) is 25.7 Å². The van der Waals surface area contributed by atoms with Gasteiger partial charge in [-0.3, -0.25) is 4.90 Å². The fourth-order valence-electron chi connectivity index (χ4n) is 2.60. The number of hydrogen-bond donors (Lipinski definition) is 1. The molecule has 2 heterocycles. The van der Waals surface area contributed by atoms with Crippen LogP contribution < -0.4 is 5.32 Å². The van der Waals surface area contributed by atoms with Crippen LogP contribution in [0, 0.1) is 5.92 Å². The molecule has 3 heteroatoms. The Morgan fingerprint density at radius 3 is 2.87 bits per heavy atom. The van der Waals surface area contributed by atoms with Crippen LogP contribution in [0.5, 0.6) is 0 Å². The highest BCUT2D eigenvalue weighted by molar-refractivity contribution is 4.70. The molecule has 3 nitrogen and oxygen atoms in total. The van der Waals surface area contributed by atoms with Crippen LogP contribution >= 0.6 is 0 Å². The predicted octanol–water partition coefficient (Wildman–Crippen LogP) is 1.10. The molecule has 2 saturated heterocycles. The van der Waals surface area contributed by atoms with Gasteiger partial charge in [0.25, 0.3) is 0 Å². The monoisotopic (exact) mass is 212 g/mol. The molecule has 1 atom stereocenters. The minimum atomic E-state index is 0.936. The molecule has 0 bridgehead atoms. The highest BCUT2D eigenvalue weighted by atomic mass is 16.5. The van der Waals surface area contributed by atoms with Crippen molar-refractivity contribution >= 4 is 0 Å². The number of hydrogen-bond acceptors (Lipinski definition) is 3. The van der Waals surface area contributed by atoms with E-state index in [2.05, 4.69) is 10.2 Å². The van der Waals surface area contributed by atoms with E-state index < -0.39 is 0 Å². The van der Waals surface area contributed by atoms with Crippen molar-refractivity contribution in [3.05, 3.63) is 0 Å². The molecule has 0 unspecified atom stereocenters. The summed E-state index contributed by atoms with van der Waals surface area (Å²) in [7, 11) is 0. The second kappa shape index (κ2) is 6.46. The van der Waals surface area contributed by atoms with Gasteiger partial charge in [-0.05, 0) is 51.2 Å². The highest BCUT2D eigenvalue weighted by Gasteiger charge is 2.14. The lowest BCUT2D eigenvalue weighted by molar-refractivity contribution is 0.0365. The lowest BCUT2D eigenvalue weighted by atomic mass is 9.94. The minimum Gasteiger partial charge on any atom is -0.379 e. The average molecular weight is 212 g/mol. The minimum absolute atomic E-state index is 0.936. The van der Waals surface area contributed by atoms with Crippen molar-refractivity contribution < 1.29 is 4.74 Å². The van der Waals surface area contributed by atoms with Gasteiger partial charge < -0.3 is 10.1 Å². The van der Waals surface area contributed by atoms with Crippen LogP contribution in [0.15, 0.2) is 0 Å². The van der Waals surface area contributed by atoms with Crippen molar-refractivity contribution in [2.45, 2.75) is 25.7 Å². The van der Waals surface area contributed by atoms with Gasteiger partial charge in [-0.2, -0.15) is 0 Å². The largest absolute Gasteiger partial charge is 0.379 e. The first-order valence-electron chi connectivity index (χ1n) is 6.46. The Morgan fingerprint density at radius 1 is 1.27 bits per heavy atom. The molecule has 2 aliphatic rings. The summed E-state index contributed by atoms with van der Waals surface area (Å²) < 4.78 is 5.34. The molecule has 0 spiro atoms. The fraction of sp³-hybridized carbons (Fsp3) is 1.00. The van der Waals surface area contributed by atoms with Gasteiger partial charge in [0.2, 0.25) is 0 Å². The van der Waals surface area contributed by atoms with E-state index in [9.17, 15) is 0 Å². The molecule has 0 aliphatic carbocycles. The molecular weight excluding hydrogens is 188 g/mol. The van der Waals surface area contributed by atoms with E-state index in [1.54, 1.807) is 0 Å². The molecule has 0 saturated carbocycles. The molecule has 15 heavy (non-hydrogen) atoms. The van der Waals surface area contributed by atoms with E-state index in [0.717, 1.165) is 32.2 Å². The van der Waals surface area contributed by atoms with Crippen LogP contribution in [0.2, 0.25) is 0 Å². The van der Waals surface area contributed by atoms with Crippen LogP contribution in [-0.2, 0) is 4.74 Å². The van der Waals surface area contributed by atoms with Gasteiger partial charge in [0, 0.05) is 13.1 Å². The van der Waals surface area contributed by atoms with Crippen LogP contribution in [-0.4, -0.2) is 50.8 Å². The summed E-state index contributed by atoms with van der Waals surface area (Å²) in [4.78, 5) is 2.54. The van der Waals surface area contributed by atoms with E-state index in [1.807, 2.05) is 0 Å². The molecule has 1 N–H and O–H groups in total. The van der Waals surface area contributed by atoms with Gasteiger partial charge in [-0.15, -0.1) is 0 Å². The van der Waals surface area contributed by atoms with Crippen LogP contribution in [0.3, 0.4) is 0 Å². The quantitative estimate of drug-likeness (QED) is 0.755. The van der Waals surface area contributed by atoms with E-state index in [4.69, 9.17) is 4.74 Å². The van der Waals surface area contributed by atoms with Gasteiger partial charge in [-0.25, -0.2) is 0 Å². The summed E-state index contributed by atoms with van der Waals surface area (Å²) in [5.41, 5.74) is 0. The van der Waals surface area contributed by atoms with Crippen molar-refractivity contribution in [2.75, 3.05) is 45.9 Å². The van der Waals surface area contributed by atoms with Crippen molar-refractivity contribution in [1.29, 1.82) is 0 Å². The summed E-state index contributed by atoms with van der Waals surface area (Å²) in [5.74, 6) is 0.944. The maximum absolute atomic E-state index is 5.34. The lowest BCUT2D eigenvalue weighted by Gasteiger charge is -2.28. The van der Waals surface area contributed by atoms with E-state index >= 15 is 0 Å². The molecule has 2 aliphatic heterocycles. The molecule has 88 valence electrons. The van der Waals surface area contributed by atoms with E-state index in [1.165, 1.54) is 45.3 Å². The average Bonchev–Trinajstić information content (AvgIpc) is 2.32. The summed E-state index contributed by atoms with van der Waals surface area (Å²) in [6, 6.07) is 0. The van der Waals surface area contributed by atoms with Crippen molar-refractivity contribution in [3.63, 3.8) is 0 Å². The normalized spacial score (nSPS) is 29.2. The van der Waals surface area contributed by atoms with E-state index in [0.29, 0.717) is 0 Å². The van der Waals surface area contributed by atoms with Crippen molar-refractivity contribution in [1.82, 2.24) is 10.2 Å². The lowest BCUT2D eigenvalue weighted by Crippen LogP contribution is -2.37. The third kappa shape index (κ3) is 4.09. The third-order valence-electron chi connectivity index (χ3n) is 3.59. The van der Waals surface area contributed by atoms with Crippen molar-refractivity contribution in [2.24, 2.45) is 5.92 Å². The Morgan fingerprint density at radius 2 is 2.13 bits per heavy atom. The number of ether oxygens (including phenoxy) is 1. The topological polar surface area (TPSA) is 24.5 Å². The van der Waals surface area contributed by atoms with Crippen molar-refractivity contribution in [3.8, 4) is 0 Å². The first-order valence-corrected chi connectivity index (χ1v) is 6.46. The Kier molecular flexibility index (Phi) is 4.90. The standard InChI is InChI=1S/C12H24N2O/c1-3-12(11-13-5-1)4-2-6-14-7-9-15-10-8-14/h12-13H,1-11H2/t12-/m1/s1. The summed E-state index contributed by atoms with van der Waals surface area (Å²) in [6.45, 7) is 7.92. The summed E-state index contributed by atoms with van der Waals surface area (Å²) in [6.07, 6.45) is 5.59. The first-order chi connectivity index (χ1) is 7.45. The molecule has 2 rings (SSSR count). The fourth-order valence-corrected chi connectivity index (χ4v) is 2.60. The molecule has 0 radical (unpaired) electrons. The Balaban J connectivity index is 1.53. The third-order valence-corrected chi connectivity index (χ3v) is 3.59. The van der Waals surface area contributed by atoms with Crippen LogP contribution in [0.25, 0.3) is 0 Å². The molecule has 0 aromatic heterocycles. The van der Waals surface area contributed by atoms with Gasteiger partial charge in [0.1, 0.15) is 0 Å². The van der Waals surface area contributed by atoms with E-state index in [-0.39, 0.29) is 0 Å².